The number of benzene rings is 2. The highest BCUT2D eigenvalue weighted by Gasteiger charge is 2.20. The molecule has 0 bridgehead atoms. The molecular formula is C25H34N2O3. The number of nitrogens with zero attached hydrogens (tertiary/aromatic N) is 2. The quantitative estimate of drug-likeness (QED) is 0.589. The molecule has 0 aliphatic carbocycles. The Balaban J connectivity index is 1.31. The molecule has 0 N–H and O–H groups in total. The van der Waals surface area contributed by atoms with Gasteiger partial charge in [-0.25, -0.2) is 0 Å². The highest BCUT2D eigenvalue weighted by Crippen LogP contribution is 2.17. The highest BCUT2D eigenvalue weighted by molar-refractivity contribution is 5.76. The van der Waals surface area contributed by atoms with Crippen LogP contribution in [-0.2, 0) is 11.2 Å². The molecule has 1 aliphatic rings. The van der Waals surface area contributed by atoms with Crippen molar-refractivity contribution in [2.24, 2.45) is 0 Å². The Bertz CT molecular complexity index is 812. The van der Waals surface area contributed by atoms with Gasteiger partial charge < -0.3 is 14.4 Å². The average molecular weight is 411 g/mol. The van der Waals surface area contributed by atoms with E-state index in [-0.39, 0.29) is 5.91 Å². The van der Waals surface area contributed by atoms with E-state index < -0.39 is 0 Å². The average Bonchev–Trinajstić information content (AvgIpc) is 2.78. The molecule has 162 valence electrons. The second-order valence-electron chi connectivity index (χ2n) is 8.02. The molecule has 2 aromatic rings. The lowest BCUT2D eigenvalue weighted by atomic mass is 10.1. The fourth-order valence-electron chi connectivity index (χ4n) is 3.70. The Hall–Kier alpha value is -2.53. The first-order valence-corrected chi connectivity index (χ1v) is 10.9. The number of aryl methyl sites for hydroxylation is 3. The molecule has 3 rings (SSSR count). The minimum Gasteiger partial charge on any atom is -0.497 e. The number of rotatable bonds is 9. The molecule has 30 heavy (non-hydrogen) atoms. The minimum atomic E-state index is 0.253. The number of hydrogen-bond acceptors (Lipinski definition) is 4. The maximum absolute atomic E-state index is 12.5. The summed E-state index contributed by atoms with van der Waals surface area (Å²) >= 11 is 0. The Labute approximate surface area is 180 Å². The number of amides is 1. The zero-order chi connectivity index (χ0) is 21.3. The van der Waals surface area contributed by atoms with E-state index in [0.29, 0.717) is 6.42 Å². The molecule has 0 saturated carbocycles. The fraction of sp³-hybridized carbons (Fsp3) is 0.480. The smallest absolute Gasteiger partial charge is 0.222 e. The predicted molar refractivity (Wildman–Crippen MR) is 120 cm³/mol. The summed E-state index contributed by atoms with van der Waals surface area (Å²) in [5.74, 6) is 2.05. The van der Waals surface area contributed by atoms with Gasteiger partial charge in [-0.2, -0.15) is 0 Å². The SMILES string of the molecule is COc1ccc(CCC(=O)N2CCN(CCCOc3ccc(C)c(C)c3)CC2)cc1. The molecular weight excluding hydrogens is 376 g/mol. The number of methoxy groups -OCH3 is 1. The number of piperazine rings is 1. The molecule has 5 heteroatoms. The Kier molecular flexibility index (Phi) is 8.14. The van der Waals surface area contributed by atoms with Gasteiger partial charge >= 0.3 is 0 Å². The van der Waals surface area contributed by atoms with Crippen LogP contribution in [0.5, 0.6) is 11.5 Å². The van der Waals surface area contributed by atoms with Crippen molar-refractivity contribution in [2.45, 2.75) is 33.1 Å². The highest BCUT2D eigenvalue weighted by atomic mass is 16.5. The van der Waals surface area contributed by atoms with E-state index in [1.165, 1.54) is 16.7 Å². The van der Waals surface area contributed by atoms with E-state index in [1.807, 2.05) is 35.2 Å². The summed E-state index contributed by atoms with van der Waals surface area (Å²) in [6.07, 6.45) is 2.34. The summed E-state index contributed by atoms with van der Waals surface area (Å²) in [5, 5.41) is 0. The monoisotopic (exact) mass is 410 g/mol. The van der Waals surface area contributed by atoms with Crippen LogP contribution < -0.4 is 9.47 Å². The molecule has 0 spiro atoms. The molecule has 0 unspecified atom stereocenters. The molecule has 1 fully saturated rings. The van der Waals surface area contributed by atoms with Crippen LogP contribution in [0.25, 0.3) is 0 Å². The summed E-state index contributed by atoms with van der Waals surface area (Å²) in [7, 11) is 1.66. The maximum atomic E-state index is 12.5. The van der Waals surface area contributed by atoms with Gasteiger partial charge in [0.15, 0.2) is 0 Å². The number of ether oxygens (including phenoxy) is 2. The van der Waals surface area contributed by atoms with E-state index in [9.17, 15) is 4.79 Å². The normalized spacial score (nSPS) is 14.6. The summed E-state index contributed by atoms with van der Waals surface area (Å²) < 4.78 is 11.1. The van der Waals surface area contributed by atoms with Crippen molar-refractivity contribution >= 4 is 5.91 Å². The van der Waals surface area contributed by atoms with Crippen LogP contribution in [0, 0.1) is 13.8 Å². The molecule has 1 amide bonds. The van der Waals surface area contributed by atoms with Crippen LogP contribution in [0.3, 0.4) is 0 Å². The second-order valence-corrected chi connectivity index (χ2v) is 8.02. The Morgan fingerprint density at radius 1 is 0.933 bits per heavy atom. The van der Waals surface area contributed by atoms with Crippen molar-refractivity contribution in [1.29, 1.82) is 0 Å². The van der Waals surface area contributed by atoms with Crippen LogP contribution in [0.15, 0.2) is 42.5 Å². The first kappa shape index (κ1) is 22.2. The van der Waals surface area contributed by atoms with Gasteiger partial charge in [-0.05, 0) is 67.6 Å². The standard InChI is InChI=1S/C25H34N2O3/c1-20-5-9-24(19-21(20)2)30-18-4-13-26-14-16-27(17-15-26)25(28)12-8-22-6-10-23(29-3)11-7-22/h5-7,9-11,19H,4,8,12-18H2,1-3H3. The van der Waals surface area contributed by atoms with Gasteiger partial charge in [0, 0.05) is 39.1 Å². The summed E-state index contributed by atoms with van der Waals surface area (Å²) in [6.45, 7) is 9.49. The van der Waals surface area contributed by atoms with Crippen molar-refractivity contribution in [3.05, 3.63) is 59.2 Å². The van der Waals surface area contributed by atoms with Gasteiger partial charge in [0.1, 0.15) is 11.5 Å². The molecule has 1 aliphatic heterocycles. The van der Waals surface area contributed by atoms with E-state index in [1.54, 1.807) is 7.11 Å². The molecule has 5 nitrogen and oxygen atoms in total. The number of hydrogen-bond donors (Lipinski definition) is 0. The van der Waals surface area contributed by atoms with Crippen molar-refractivity contribution in [2.75, 3.05) is 46.4 Å². The first-order valence-electron chi connectivity index (χ1n) is 10.9. The minimum absolute atomic E-state index is 0.253. The lowest BCUT2D eigenvalue weighted by Gasteiger charge is -2.34. The van der Waals surface area contributed by atoms with E-state index >= 15 is 0 Å². The van der Waals surface area contributed by atoms with Gasteiger partial charge in [0.25, 0.3) is 0 Å². The van der Waals surface area contributed by atoms with E-state index in [0.717, 1.165) is 63.7 Å². The van der Waals surface area contributed by atoms with Crippen molar-refractivity contribution in [3.63, 3.8) is 0 Å². The summed E-state index contributed by atoms with van der Waals surface area (Å²) in [4.78, 5) is 17.0. The lowest BCUT2D eigenvalue weighted by Crippen LogP contribution is -2.49. The topological polar surface area (TPSA) is 42.0 Å². The van der Waals surface area contributed by atoms with Crippen LogP contribution in [-0.4, -0.2) is 62.1 Å². The third kappa shape index (κ3) is 6.49. The van der Waals surface area contributed by atoms with Crippen LogP contribution >= 0.6 is 0 Å². The second kappa shape index (κ2) is 11.0. The fourth-order valence-corrected chi connectivity index (χ4v) is 3.70. The Morgan fingerprint density at radius 3 is 2.30 bits per heavy atom. The van der Waals surface area contributed by atoms with Gasteiger partial charge in [-0.1, -0.05) is 18.2 Å². The van der Waals surface area contributed by atoms with Gasteiger partial charge in [-0.3, -0.25) is 9.69 Å². The summed E-state index contributed by atoms with van der Waals surface area (Å²) in [6, 6.07) is 14.2. The zero-order valence-electron chi connectivity index (χ0n) is 18.5. The predicted octanol–water partition coefficient (Wildman–Crippen LogP) is 3.86. The van der Waals surface area contributed by atoms with Crippen LogP contribution in [0.1, 0.15) is 29.5 Å². The lowest BCUT2D eigenvalue weighted by molar-refractivity contribution is -0.132. The van der Waals surface area contributed by atoms with Crippen molar-refractivity contribution in [3.8, 4) is 11.5 Å². The molecule has 0 atom stereocenters. The third-order valence-corrected chi connectivity index (χ3v) is 5.88. The van der Waals surface area contributed by atoms with Crippen molar-refractivity contribution in [1.82, 2.24) is 9.80 Å². The van der Waals surface area contributed by atoms with Gasteiger partial charge in [0.2, 0.25) is 5.91 Å². The van der Waals surface area contributed by atoms with E-state index in [2.05, 4.69) is 30.9 Å². The third-order valence-electron chi connectivity index (χ3n) is 5.88. The Morgan fingerprint density at radius 2 is 1.63 bits per heavy atom. The van der Waals surface area contributed by atoms with E-state index in [4.69, 9.17) is 9.47 Å². The van der Waals surface area contributed by atoms with Crippen LogP contribution in [0.2, 0.25) is 0 Å². The van der Waals surface area contributed by atoms with Crippen molar-refractivity contribution < 1.29 is 14.3 Å². The molecule has 0 radical (unpaired) electrons. The van der Waals surface area contributed by atoms with Crippen LogP contribution in [0.4, 0.5) is 0 Å². The zero-order valence-corrected chi connectivity index (χ0v) is 18.5. The first-order chi connectivity index (χ1) is 14.5. The van der Waals surface area contributed by atoms with Gasteiger partial charge in [-0.15, -0.1) is 0 Å². The maximum Gasteiger partial charge on any atom is 0.222 e. The molecule has 1 saturated heterocycles. The van der Waals surface area contributed by atoms with Gasteiger partial charge in [0.05, 0.1) is 13.7 Å². The molecule has 0 aromatic heterocycles. The number of carbonyl (C=O) groups is 1. The largest absolute Gasteiger partial charge is 0.497 e. The number of carbonyl (C=O) groups excluding carboxylic acids is 1. The molecule has 2 aromatic carbocycles. The summed E-state index contributed by atoms with van der Waals surface area (Å²) in [5.41, 5.74) is 3.73. The molecule has 1 heterocycles.